The largest absolute Gasteiger partial charge is 0.460 e. The van der Waals surface area contributed by atoms with Crippen molar-refractivity contribution in [1.82, 2.24) is 21.1 Å². The highest BCUT2D eigenvalue weighted by Gasteiger charge is 2.34. The summed E-state index contributed by atoms with van der Waals surface area (Å²) in [4.78, 5) is 64.1. The Morgan fingerprint density at radius 3 is 2.24 bits per heavy atom. The first kappa shape index (κ1) is 42.7. The molecule has 2 rings (SSSR count). The van der Waals surface area contributed by atoms with Gasteiger partial charge in [0.15, 0.2) is 0 Å². The first-order valence-corrected chi connectivity index (χ1v) is 17.5. The van der Waals surface area contributed by atoms with E-state index in [1.54, 1.807) is 54.5 Å². The number of alkyl carbamates (subject to hydrolysis) is 1. The summed E-state index contributed by atoms with van der Waals surface area (Å²) in [6, 6.07) is 2.97. The Morgan fingerprint density at radius 1 is 1.00 bits per heavy atom. The molecule has 12 nitrogen and oxygen atoms in total. The Kier molecular flexibility index (Phi) is 15.7. The van der Waals surface area contributed by atoms with E-state index in [9.17, 15) is 24.0 Å². The molecule has 0 saturated carbocycles. The first-order valence-electron chi connectivity index (χ1n) is 17.5. The topological polar surface area (TPSA) is 152 Å². The Labute approximate surface area is 302 Å². The van der Waals surface area contributed by atoms with Crippen LogP contribution in [0, 0.1) is 5.92 Å². The van der Waals surface area contributed by atoms with Crippen LogP contribution < -0.4 is 26.5 Å². The van der Waals surface area contributed by atoms with Crippen LogP contribution in [0.4, 0.5) is 4.79 Å². The predicted molar refractivity (Wildman–Crippen MR) is 197 cm³/mol. The zero-order chi connectivity index (χ0) is 38.7. The minimum Gasteiger partial charge on any atom is -0.460 e. The van der Waals surface area contributed by atoms with E-state index in [1.165, 1.54) is 5.01 Å². The standard InChI is InChI=1S/C39H58N4O8/c1-13-28(16-14-18-32(44)50-38(7,8)9)22-30-23-29(20-19-25(30)4)27(6)49-36(47)31-17-15-21-43(42-31)35(46)26(5)40-34(45)33(24(2)3)41-37(48)51-39(10,11)12/h13-14,16,19-20,22-24,26-27,31,33,42H,4,15,17-18,21H2,1-3,5-12H3,(H,40,45)(H,41,48)/b16-14+,28-13-,30-22-/t26-,27+,31-,33?/m0/s1. The molecule has 1 unspecified atom stereocenters. The lowest BCUT2D eigenvalue weighted by molar-refractivity contribution is -0.157. The van der Waals surface area contributed by atoms with Gasteiger partial charge in [-0.1, -0.05) is 50.8 Å². The molecule has 0 spiro atoms. The van der Waals surface area contributed by atoms with Gasteiger partial charge < -0.3 is 24.8 Å². The van der Waals surface area contributed by atoms with Crippen LogP contribution in [-0.2, 0) is 33.4 Å². The number of carbonyl (C=O) groups excluding carboxylic acids is 5. The van der Waals surface area contributed by atoms with Crippen LogP contribution in [0.15, 0.2) is 42.0 Å². The fraction of sp³-hybridized carbons (Fsp3) is 0.564. The maximum atomic E-state index is 13.3. The number of nitrogens with zero attached hydrogens (tertiary/aromatic N) is 1. The van der Waals surface area contributed by atoms with Gasteiger partial charge in [0.25, 0.3) is 5.91 Å². The number of hydrazine groups is 1. The maximum Gasteiger partial charge on any atom is 0.408 e. The third kappa shape index (κ3) is 14.7. The molecule has 0 aliphatic carbocycles. The number of hydrogen-bond donors (Lipinski definition) is 3. The van der Waals surface area contributed by atoms with E-state index in [1.807, 2.05) is 64.1 Å². The number of amides is 3. The fourth-order valence-electron chi connectivity index (χ4n) is 5.09. The summed E-state index contributed by atoms with van der Waals surface area (Å²) in [6.07, 6.45) is 7.28. The molecule has 4 atom stereocenters. The van der Waals surface area contributed by atoms with Crippen LogP contribution in [0.5, 0.6) is 0 Å². The summed E-state index contributed by atoms with van der Waals surface area (Å²) >= 11 is 0. The van der Waals surface area contributed by atoms with Crippen molar-refractivity contribution in [3.63, 3.8) is 0 Å². The van der Waals surface area contributed by atoms with Gasteiger partial charge >= 0.3 is 18.0 Å². The number of hydrogen-bond acceptors (Lipinski definition) is 9. The summed E-state index contributed by atoms with van der Waals surface area (Å²) in [5.41, 5.74) is 3.31. The summed E-state index contributed by atoms with van der Waals surface area (Å²) in [7, 11) is 0. The highest BCUT2D eigenvalue weighted by atomic mass is 16.6. The lowest BCUT2D eigenvalue weighted by atomic mass is 10.0. The van der Waals surface area contributed by atoms with Gasteiger partial charge in [0, 0.05) is 6.54 Å². The number of carbonyl (C=O) groups is 5. The van der Waals surface area contributed by atoms with Crippen molar-refractivity contribution < 1.29 is 38.2 Å². The summed E-state index contributed by atoms with van der Waals surface area (Å²) in [5, 5.41) is 8.21. The molecule has 0 bridgehead atoms. The van der Waals surface area contributed by atoms with Gasteiger partial charge in [-0.15, -0.1) is 0 Å². The lowest BCUT2D eigenvalue weighted by Gasteiger charge is -2.35. The highest BCUT2D eigenvalue weighted by molar-refractivity contribution is 5.91. The van der Waals surface area contributed by atoms with Crippen LogP contribution >= 0.6 is 0 Å². The first-order chi connectivity index (χ1) is 23.6. The normalized spacial score (nSPS) is 17.8. The van der Waals surface area contributed by atoms with Crippen molar-refractivity contribution in [2.75, 3.05) is 6.54 Å². The molecule has 282 valence electrons. The number of ether oxygens (including phenoxy) is 3. The van der Waals surface area contributed by atoms with Gasteiger partial charge in [0.1, 0.15) is 35.4 Å². The smallest absolute Gasteiger partial charge is 0.408 e. The second-order valence-corrected chi connectivity index (χ2v) is 15.1. The molecule has 1 aliphatic heterocycles. The second-order valence-electron chi connectivity index (χ2n) is 15.1. The molecular formula is C39H58N4O8. The molecule has 0 radical (unpaired) electrons. The molecule has 1 heterocycles. The Morgan fingerprint density at radius 2 is 1.65 bits per heavy atom. The molecule has 0 aromatic heterocycles. The highest BCUT2D eigenvalue weighted by Crippen LogP contribution is 2.18. The molecule has 3 N–H and O–H groups in total. The SMILES string of the molecule is C=c1ccc([C@@H](C)OC(=O)[C@@H]2CCCN(C(=O)[C@H](C)NC(=O)C(NC(=O)OC(C)(C)C)C(C)C)N2)c/c1=C/C(=C\C)/C=C/CC(=O)OC(C)(C)C. The number of benzene rings is 1. The molecule has 1 fully saturated rings. The molecule has 51 heavy (non-hydrogen) atoms. The number of esters is 2. The van der Waals surface area contributed by atoms with Crippen LogP contribution in [0.25, 0.3) is 12.7 Å². The van der Waals surface area contributed by atoms with Gasteiger partial charge in [-0.05, 0) is 115 Å². The van der Waals surface area contributed by atoms with E-state index < -0.39 is 59.3 Å². The zero-order valence-corrected chi connectivity index (χ0v) is 32.2. The van der Waals surface area contributed by atoms with Crippen LogP contribution in [0.3, 0.4) is 0 Å². The lowest BCUT2D eigenvalue weighted by Crippen LogP contribution is -2.61. The van der Waals surface area contributed by atoms with Crippen LogP contribution in [0.2, 0.25) is 0 Å². The van der Waals surface area contributed by atoms with Gasteiger partial charge in [0.2, 0.25) is 5.91 Å². The predicted octanol–water partition coefficient (Wildman–Crippen LogP) is 4.27. The van der Waals surface area contributed by atoms with Gasteiger partial charge in [-0.3, -0.25) is 24.2 Å². The molecule has 1 aromatic carbocycles. The quantitative estimate of drug-likeness (QED) is 0.164. The second kappa shape index (κ2) is 18.7. The average molecular weight is 711 g/mol. The van der Waals surface area contributed by atoms with E-state index in [4.69, 9.17) is 14.2 Å². The Hall–Kier alpha value is -4.45. The van der Waals surface area contributed by atoms with E-state index in [0.717, 1.165) is 21.6 Å². The summed E-state index contributed by atoms with van der Waals surface area (Å²) in [5.74, 6) is -2.05. The van der Waals surface area contributed by atoms with Crippen molar-refractivity contribution >= 4 is 42.5 Å². The minimum atomic E-state index is -0.939. The van der Waals surface area contributed by atoms with Gasteiger partial charge in [-0.25, -0.2) is 10.2 Å². The third-order valence-electron chi connectivity index (χ3n) is 7.69. The maximum absolute atomic E-state index is 13.3. The Bertz CT molecular complexity index is 1580. The molecule has 1 aliphatic rings. The number of allylic oxidation sites excluding steroid dienone is 3. The fourth-order valence-corrected chi connectivity index (χ4v) is 5.09. The molecular weight excluding hydrogens is 652 g/mol. The Balaban J connectivity index is 2.06. The minimum absolute atomic E-state index is 0.143. The average Bonchev–Trinajstić information content (AvgIpc) is 3.01. The van der Waals surface area contributed by atoms with Crippen molar-refractivity contribution in [1.29, 1.82) is 0 Å². The van der Waals surface area contributed by atoms with Gasteiger partial charge in [0.05, 0.1) is 6.42 Å². The molecule has 1 aromatic rings. The van der Waals surface area contributed by atoms with Crippen LogP contribution in [0.1, 0.15) is 107 Å². The van der Waals surface area contributed by atoms with E-state index >= 15 is 0 Å². The van der Waals surface area contributed by atoms with Crippen molar-refractivity contribution in [2.45, 2.75) is 131 Å². The van der Waals surface area contributed by atoms with Gasteiger partial charge in [-0.2, -0.15) is 0 Å². The molecule has 12 heteroatoms. The monoisotopic (exact) mass is 710 g/mol. The number of nitrogens with one attached hydrogen (secondary N) is 3. The zero-order valence-electron chi connectivity index (χ0n) is 32.2. The molecule has 3 amide bonds. The molecule has 1 saturated heterocycles. The van der Waals surface area contributed by atoms with Crippen LogP contribution in [-0.4, -0.2) is 70.7 Å². The summed E-state index contributed by atoms with van der Waals surface area (Å²) in [6.45, 7) is 23.9. The van der Waals surface area contributed by atoms with Crippen molar-refractivity contribution in [2.24, 2.45) is 5.92 Å². The van der Waals surface area contributed by atoms with E-state index in [0.29, 0.717) is 19.4 Å². The van der Waals surface area contributed by atoms with E-state index in [-0.39, 0.29) is 18.3 Å². The number of rotatable bonds is 12. The van der Waals surface area contributed by atoms with Crippen molar-refractivity contribution in [3.8, 4) is 0 Å². The summed E-state index contributed by atoms with van der Waals surface area (Å²) < 4.78 is 16.5. The third-order valence-corrected chi connectivity index (χ3v) is 7.69. The van der Waals surface area contributed by atoms with E-state index in [2.05, 4.69) is 22.6 Å². The van der Waals surface area contributed by atoms with Crippen molar-refractivity contribution in [3.05, 3.63) is 58.0 Å².